The molecule has 0 aromatic heterocycles. The molecule has 9 heteroatoms. The van der Waals surface area contributed by atoms with Crippen molar-refractivity contribution >= 4 is 13.7 Å². The van der Waals surface area contributed by atoms with E-state index < -0.39 is 20.0 Å². The number of phosphoric ester groups is 1. The summed E-state index contributed by atoms with van der Waals surface area (Å²) in [5.74, 6) is -0.170. The number of nitrogens with one attached hydrogen (secondary N) is 1. The lowest BCUT2D eigenvalue weighted by atomic mass is 10.0. The number of rotatable bonds is 61. The van der Waals surface area contributed by atoms with Gasteiger partial charge in [-0.1, -0.05) is 328 Å². The number of hydrogen-bond acceptors (Lipinski definition) is 5. The van der Waals surface area contributed by atoms with Crippen LogP contribution in [0.1, 0.15) is 341 Å². The summed E-state index contributed by atoms with van der Waals surface area (Å²) in [4.78, 5) is 23.3. The summed E-state index contributed by atoms with van der Waals surface area (Å²) in [6.07, 6.45) is 70.8. The molecule has 0 rings (SSSR count). The molecule has 0 aliphatic carbocycles. The van der Waals surface area contributed by atoms with Gasteiger partial charge in [-0.25, -0.2) is 4.57 Å². The predicted molar refractivity (Wildman–Crippen MR) is 319 cm³/mol. The van der Waals surface area contributed by atoms with Gasteiger partial charge < -0.3 is 19.8 Å². The monoisotopic (exact) mass is 1050 g/mol. The Kier molecular flexibility index (Phi) is 55.4. The van der Waals surface area contributed by atoms with Crippen molar-refractivity contribution in [1.82, 2.24) is 5.32 Å². The number of unbranched alkanes of at least 4 members (excludes halogenated alkanes) is 48. The van der Waals surface area contributed by atoms with Gasteiger partial charge in [0.2, 0.25) is 5.91 Å². The Balaban J connectivity index is 3.84. The van der Waals surface area contributed by atoms with Crippen LogP contribution in [0.15, 0.2) is 12.2 Å². The fraction of sp³-hybridized carbons (Fsp3) is 0.953. The smallest absolute Gasteiger partial charge is 0.387 e. The summed E-state index contributed by atoms with van der Waals surface area (Å²) in [5.41, 5.74) is 0. The maximum Gasteiger partial charge on any atom is 0.472 e. The molecular weight excluding hydrogens is 924 g/mol. The quantitative estimate of drug-likeness (QED) is 0.0243. The molecule has 3 unspecified atom stereocenters. The highest BCUT2D eigenvalue weighted by molar-refractivity contribution is 7.47. The second-order valence-electron chi connectivity index (χ2n) is 23.9. The zero-order valence-electron chi connectivity index (χ0n) is 49.9. The van der Waals surface area contributed by atoms with E-state index >= 15 is 0 Å². The standard InChI is InChI=1S/C64H129N2O6P/c1-6-8-10-12-14-16-18-20-21-22-23-24-25-26-27-28-29-30-31-32-33-34-35-36-37-38-39-40-41-42-43-44-46-48-50-52-54-56-58-64(68)65-62(61-72-73(69,70)71-60-59-66(3,4)5)63(67)57-55-53-51-49-47-45-19-17-15-13-11-9-7-2/h55,57,62-63,67H,6-54,56,58-61H2,1-5H3,(H-,65,68,69,70)/p+1/b57-55+. The molecule has 0 heterocycles. The van der Waals surface area contributed by atoms with Gasteiger partial charge in [0, 0.05) is 6.42 Å². The molecule has 436 valence electrons. The Labute approximate surface area is 456 Å². The highest BCUT2D eigenvalue weighted by Crippen LogP contribution is 2.43. The third-order valence-corrected chi connectivity index (χ3v) is 16.2. The minimum atomic E-state index is -4.34. The van der Waals surface area contributed by atoms with Gasteiger partial charge in [-0.05, 0) is 19.3 Å². The van der Waals surface area contributed by atoms with Crippen LogP contribution < -0.4 is 5.32 Å². The van der Waals surface area contributed by atoms with Crippen LogP contribution in [-0.4, -0.2) is 73.4 Å². The van der Waals surface area contributed by atoms with Crippen LogP contribution in [0.5, 0.6) is 0 Å². The lowest BCUT2D eigenvalue weighted by Gasteiger charge is -2.25. The molecule has 0 aliphatic heterocycles. The molecule has 1 amide bonds. The Morgan fingerprint density at radius 2 is 0.726 bits per heavy atom. The molecule has 0 saturated heterocycles. The van der Waals surface area contributed by atoms with Crippen molar-refractivity contribution < 1.29 is 32.9 Å². The van der Waals surface area contributed by atoms with Crippen LogP contribution in [0.25, 0.3) is 0 Å². The lowest BCUT2D eigenvalue weighted by molar-refractivity contribution is -0.870. The van der Waals surface area contributed by atoms with Gasteiger partial charge in [-0.2, -0.15) is 0 Å². The van der Waals surface area contributed by atoms with Gasteiger partial charge in [0.25, 0.3) is 0 Å². The van der Waals surface area contributed by atoms with Crippen LogP contribution in [-0.2, 0) is 18.4 Å². The van der Waals surface area contributed by atoms with Crippen molar-refractivity contribution in [2.45, 2.75) is 353 Å². The van der Waals surface area contributed by atoms with E-state index in [9.17, 15) is 19.4 Å². The average Bonchev–Trinajstić information content (AvgIpc) is 3.35. The van der Waals surface area contributed by atoms with E-state index in [-0.39, 0.29) is 19.1 Å². The highest BCUT2D eigenvalue weighted by atomic mass is 31.2. The SMILES string of the molecule is CCCCCCCCCCCCC/C=C/C(O)C(COP(=O)(O)OCC[N+](C)(C)C)NC(=O)CCCCCCCCCCCCCCCCCCCCCCCCCCCCCCCCCCCCCCCC. The molecule has 0 aliphatic rings. The van der Waals surface area contributed by atoms with Gasteiger partial charge in [-0.3, -0.25) is 13.8 Å². The molecule has 0 bridgehead atoms. The zero-order chi connectivity index (χ0) is 53.5. The first-order valence-electron chi connectivity index (χ1n) is 32.6. The third-order valence-electron chi connectivity index (χ3n) is 15.3. The second kappa shape index (κ2) is 56.0. The maximum absolute atomic E-state index is 13.0. The van der Waals surface area contributed by atoms with E-state index in [1.54, 1.807) is 6.08 Å². The topological polar surface area (TPSA) is 105 Å². The fourth-order valence-electron chi connectivity index (χ4n) is 10.2. The average molecular weight is 1050 g/mol. The Hall–Kier alpha value is -0.760. The first-order chi connectivity index (χ1) is 35.5. The molecule has 0 aromatic rings. The molecule has 73 heavy (non-hydrogen) atoms. The summed E-state index contributed by atoms with van der Waals surface area (Å²) >= 11 is 0. The third kappa shape index (κ3) is 58.8. The zero-order valence-corrected chi connectivity index (χ0v) is 50.8. The minimum absolute atomic E-state index is 0.0650. The van der Waals surface area contributed by atoms with E-state index in [2.05, 4.69) is 19.2 Å². The normalized spacial score (nSPS) is 13.8. The Morgan fingerprint density at radius 1 is 0.452 bits per heavy atom. The van der Waals surface area contributed by atoms with Crippen LogP contribution in [0.4, 0.5) is 0 Å². The molecule has 3 atom stereocenters. The minimum Gasteiger partial charge on any atom is -0.387 e. The molecule has 0 spiro atoms. The van der Waals surface area contributed by atoms with E-state index in [0.717, 1.165) is 38.5 Å². The van der Waals surface area contributed by atoms with Crippen LogP contribution in [0, 0.1) is 0 Å². The number of phosphoric acid groups is 1. The number of quaternary nitrogens is 1. The molecular formula is C64H130N2O6P+. The number of allylic oxidation sites excluding steroid dienone is 1. The van der Waals surface area contributed by atoms with E-state index in [1.165, 1.54) is 283 Å². The number of aliphatic hydroxyl groups excluding tert-OH is 1. The molecule has 3 N–H and O–H groups in total. The predicted octanol–water partition coefficient (Wildman–Crippen LogP) is 20.2. The fourth-order valence-corrected chi connectivity index (χ4v) is 10.9. The summed E-state index contributed by atoms with van der Waals surface area (Å²) in [5, 5.41) is 13.9. The molecule has 0 radical (unpaired) electrons. The van der Waals surface area contributed by atoms with Crippen molar-refractivity contribution in [3.05, 3.63) is 12.2 Å². The van der Waals surface area contributed by atoms with Gasteiger partial charge in [0.15, 0.2) is 0 Å². The van der Waals surface area contributed by atoms with Gasteiger partial charge in [0.05, 0.1) is 39.9 Å². The molecule has 0 aromatic carbocycles. The van der Waals surface area contributed by atoms with Gasteiger partial charge in [-0.15, -0.1) is 0 Å². The summed E-state index contributed by atoms with van der Waals surface area (Å²) in [6.45, 7) is 4.86. The maximum atomic E-state index is 13.0. The van der Waals surface area contributed by atoms with Gasteiger partial charge >= 0.3 is 7.82 Å². The van der Waals surface area contributed by atoms with Crippen molar-refractivity contribution in [2.24, 2.45) is 0 Å². The summed E-state index contributed by atoms with van der Waals surface area (Å²) in [6, 6.07) is -0.841. The summed E-state index contributed by atoms with van der Waals surface area (Å²) in [7, 11) is 1.59. The number of nitrogens with zero attached hydrogens (tertiary/aromatic N) is 1. The summed E-state index contributed by atoms with van der Waals surface area (Å²) < 4.78 is 23.7. The van der Waals surface area contributed by atoms with Crippen molar-refractivity contribution in [3.8, 4) is 0 Å². The molecule has 0 saturated carbocycles. The first-order valence-corrected chi connectivity index (χ1v) is 34.1. The van der Waals surface area contributed by atoms with Gasteiger partial charge in [0.1, 0.15) is 13.2 Å². The second-order valence-corrected chi connectivity index (χ2v) is 25.3. The van der Waals surface area contributed by atoms with Crippen LogP contribution in [0.2, 0.25) is 0 Å². The number of likely N-dealkylation sites (N-methyl/N-ethyl adjacent to an activating group) is 1. The van der Waals surface area contributed by atoms with Crippen molar-refractivity contribution in [1.29, 1.82) is 0 Å². The van der Waals surface area contributed by atoms with E-state index in [1.807, 2.05) is 27.2 Å². The number of amides is 1. The Bertz CT molecular complexity index is 1200. The van der Waals surface area contributed by atoms with E-state index in [4.69, 9.17) is 9.05 Å². The number of carbonyl (C=O) groups is 1. The first kappa shape index (κ1) is 72.2. The Morgan fingerprint density at radius 3 is 1.01 bits per heavy atom. The molecule has 8 nitrogen and oxygen atoms in total. The number of hydrogen-bond donors (Lipinski definition) is 3. The van der Waals surface area contributed by atoms with Crippen LogP contribution in [0.3, 0.4) is 0 Å². The highest BCUT2D eigenvalue weighted by Gasteiger charge is 2.28. The van der Waals surface area contributed by atoms with E-state index in [0.29, 0.717) is 17.4 Å². The number of carbonyl (C=O) groups excluding carboxylic acids is 1. The lowest BCUT2D eigenvalue weighted by Crippen LogP contribution is -2.45. The largest absolute Gasteiger partial charge is 0.472 e. The number of aliphatic hydroxyl groups is 1. The molecule has 0 fully saturated rings. The van der Waals surface area contributed by atoms with Crippen molar-refractivity contribution in [3.63, 3.8) is 0 Å². The van der Waals surface area contributed by atoms with Crippen LogP contribution >= 0.6 is 7.82 Å². The van der Waals surface area contributed by atoms with Crippen molar-refractivity contribution in [2.75, 3.05) is 40.9 Å².